The molecule has 0 aliphatic rings. The van der Waals surface area contributed by atoms with Gasteiger partial charge in [-0.3, -0.25) is 9.48 Å². The number of benzene rings is 2. The molecule has 2 aromatic carbocycles. The Hall–Kier alpha value is -3.51. The minimum Gasteiger partial charge on any atom is -0.485 e. The number of nitrogens with one attached hydrogen (secondary N) is 1. The minimum atomic E-state index is -0.364. The molecule has 1 N–H and O–H groups in total. The van der Waals surface area contributed by atoms with Gasteiger partial charge in [-0.2, -0.15) is 5.10 Å². The van der Waals surface area contributed by atoms with E-state index in [2.05, 4.69) is 24.3 Å². The van der Waals surface area contributed by atoms with Crippen molar-refractivity contribution in [2.24, 2.45) is 0 Å². The third-order valence-corrected chi connectivity index (χ3v) is 5.65. The van der Waals surface area contributed by atoms with Crippen LogP contribution in [-0.2, 0) is 13.2 Å². The molecule has 2 heterocycles. The van der Waals surface area contributed by atoms with E-state index in [0.29, 0.717) is 23.1 Å². The van der Waals surface area contributed by atoms with Gasteiger partial charge in [-0.25, -0.2) is 0 Å². The molecule has 7 heteroatoms. The number of anilines is 1. The smallest absolute Gasteiger partial charge is 0.292 e. The maximum absolute atomic E-state index is 12.6. The number of carbonyl (C=O) groups excluding carboxylic acids is 1. The number of halogens is 1. The van der Waals surface area contributed by atoms with Crippen LogP contribution < -0.4 is 10.1 Å². The van der Waals surface area contributed by atoms with E-state index in [-0.39, 0.29) is 24.2 Å². The third-order valence-electron chi connectivity index (χ3n) is 5.24. The van der Waals surface area contributed by atoms with Gasteiger partial charge in [-0.05, 0) is 53.8 Å². The molecule has 4 aromatic rings. The number of aryl methyl sites for hydroxylation is 1. The third kappa shape index (κ3) is 5.65. The molecule has 6 nitrogen and oxygen atoms in total. The van der Waals surface area contributed by atoms with Crippen LogP contribution in [0.3, 0.4) is 0 Å². The number of nitrogens with zero attached hydrogens (tertiary/aromatic N) is 2. The van der Waals surface area contributed by atoms with Crippen molar-refractivity contribution in [1.29, 1.82) is 0 Å². The van der Waals surface area contributed by atoms with E-state index in [4.69, 9.17) is 20.8 Å². The van der Waals surface area contributed by atoms with Crippen LogP contribution in [0.5, 0.6) is 5.75 Å². The van der Waals surface area contributed by atoms with Crippen molar-refractivity contribution in [1.82, 2.24) is 9.78 Å². The van der Waals surface area contributed by atoms with Crippen LogP contribution in [0.2, 0.25) is 5.02 Å². The van der Waals surface area contributed by atoms with Crippen LogP contribution in [-0.4, -0.2) is 15.7 Å². The van der Waals surface area contributed by atoms with Crippen LogP contribution in [0.1, 0.15) is 52.8 Å². The molecule has 33 heavy (non-hydrogen) atoms. The summed E-state index contributed by atoms with van der Waals surface area (Å²) in [5.74, 6) is 1.87. The molecule has 2 aromatic heterocycles. The number of amides is 1. The average Bonchev–Trinajstić information content (AvgIpc) is 3.44. The summed E-state index contributed by atoms with van der Waals surface area (Å²) in [6.07, 6.45) is 1.82. The Balaban J connectivity index is 1.37. The molecule has 4 rings (SSSR count). The highest BCUT2D eigenvalue weighted by Crippen LogP contribution is 2.32. The number of furan rings is 1. The maximum atomic E-state index is 12.6. The van der Waals surface area contributed by atoms with Gasteiger partial charge in [0, 0.05) is 17.3 Å². The van der Waals surface area contributed by atoms with Crippen LogP contribution in [0.15, 0.2) is 71.3 Å². The first-order valence-electron chi connectivity index (χ1n) is 10.8. The van der Waals surface area contributed by atoms with Crippen LogP contribution in [0.25, 0.3) is 0 Å². The van der Waals surface area contributed by atoms with Gasteiger partial charge in [-0.15, -0.1) is 0 Å². The highest BCUT2D eigenvalue weighted by atomic mass is 35.5. The summed E-state index contributed by atoms with van der Waals surface area (Å²) >= 11 is 6.27. The molecule has 170 valence electrons. The van der Waals surface area contributed by atoms with Gasteiger partial charge in [0.1, 0.15) is 18.1 Å². The maximum Gasteiger partial charge on any atom is 0.292 e. The van der Waals surface area contributed by atoms with Gasteiger partial charge < -0.3 is 14.5 Å². The molecule has 0 saturated heterocycles. The van der Waals surface area contributed by atoms with E-state index < -0.39 is 0 Å². The summed E-state index contributed by atoms with van der Waals surface area (Å²) in [4.78, 5) is 12.6. The van der Waals surface area contributed by atoms with Crippen molar-refractivity contribution < 1.29 is 13.9 Å². The lowest BCUT2D eigenvalue weighted by atomic mass is 10.0. The molecular weight excluding hydrogens is 438 g/mol. The molecule has 0 atom stereocenters. The Morgan fingerprint density at radius 2 is 1.94 bits per heavy atom. The lowest BCUT2D eigenvalue weighted by molar-refractivity contribution is 0.0992. The standard InChI is InChI=1S/C26H26ClN3O3/c1-17(2)21-14-22(27)18(3)13-24(21)32-16-20-9-10-23(33-20)26(31)28-25-11-12-30(29-25)15-19-7-5-4-6-8-19/h4-14,17H,15-16H2,1-3H3,(H,28,29,31). The van der Waals surface area contributed by atoms with Crippen molar-refractivity contribution in [2.75, 3.05) is 5.32 Å². The second kappa shape index (κ2) is 9.96. The fraction of sp³-hybridized carbons (Fsp3) is 0.231. The van der Waals surface area contributed by atoms with Gasteiger partial charge in [-0.1, -0.05) is 55.8 Å². The molecule has 0 fully saturated rings. The van der Waals surface area contributed by atoms with Crippen molar-refractivity contribution in [2.45, 2.75) is 39.8 Å². The van der Waals surface area contributed by atoms with Gasteiger partial charge in [0.05, 0.1) is 6.54 Å². The first-order valence-corrected chi connectivity index (χ1v) is 11.2. The van der Waals surface area contributed by atoms with E-state index in [1.54, 1.807) is 22.9 Å². The number of ether oxygens (including phenoxy) is 1. The Morgan fingerprint density at radius 3 is 2.70 bits per heavy atom. The predicted molar refractivity (Wildman–Crippen MR) is 129 cm³/mol. The number of hydrogen-bond acceptors (Lipinski definition) is 4. The molecule has 0 spiro atoms. The summed E-state index contributed by atoms with van der Waals surface area (Å²) in [6.45, 7) is 6.95. The molecule has 0 unspecified atom stereocenters. The second-order valence-electron chi connectivity index (χ2n) is 8.19. The zero-order chi connectivity index (χ0) is 23.4. The van der Waals surface area contributed by atoms with E-state index in [1.165, 1.54) is 0 Å². The van der Waals surface area contributed by atoms with Crippen LogP contribution in [0, 0.1) is 6.92 Å². The minimum absolute atomic E-state index is 0.197. The fourth-order valence-corrected chi connectivity index (χ4v) is 3.61. The summed E-state index contributed by atoms with van der Waals surface area (Å²) in [5.41, 5.74) is 3.11. The Bertz CT molecular complexity index is 1240. The van der Waals surface area contributed by atoms with Crippen LogP contribution >= 0.6 is 11.6 Å². The Kier molecular flexibility index (Phi) is 6.84. The highest BCUT2D eigenvalue weighted by molar-refractivity contribution is 6.31. The molecule has 0 saturated carbocycles. The molecule has 0 aliphatic carbocycles. The lowest BCUT2D eigenvalue weighted by Crippen LogP contribution is -2.12. The zero-order valence-electron chi connectivity index (χ0n) is 18.8. The molecule has 0 aliphatic heterocycles. The number of carbonyl (C=O) groups is 1. The first kappa shape index (κ1) is 22.7. The van der Waals surface area contributed by atoms with Gasteiger partial charge >= 0.3 is 0 Å². The highest BCUT2D eigenvalue weighted by Gasteiger charge is 2.15. The number of aromatic nitrogens is 2. The van der Waals surface area contributed by atoms with Crippen molar-refractivity contribution >= 4 is 23.3 Å². The topological polar surface area (TPSA) is 69.3 Å². The first-order chi connectivity index (χ1) is 15.9. The van der Waals surface area contributed by atoms with E-state index in [9.17, 15) is 4.79 Å². The SMILES string of the molecule is Cc1cc(OCc2ccc(C(=O)Nc3ccn(Cc4ccccc4)n3)o2)c(C(C)C)cc1Cl. The Morgan fingerprint density at radius 1 is 1.15 bits per heavy atom. The quantitative estimate of drug-likeness (QED) is 0.326. The molecule has 1 amide bonds. The Labute approximate surface area is 198 Å². The summed E-state index contributed by atoms with van der Waals surface area (Å²) in [6, 6.07) is 19.0. The molecular formula is C26H26ClN3O3. The summed E-state index contributed by atoms with van der Waals surface area (Å²) in [5, 5.41) is 7.89. The summed E-state index contributed by atoms with van der Waals surface area (Å²) < 4.78 is 13.5. The van der Waals surface area contributed by atoms with Gasteiger partial charge in [0.25, 0.3) is 5.91 Å². The largest absolute Gasteiger partial charge is 0.485 e. The second-order valence-corrected chi connectivity index (χ2v) is 8.59. The van der Waals surface area contributed by atoms with Gasteiger partial charge in [0.15, 0.2) is 11.6 Å². The van der Waals surface area contributed by atoms with Crippen molar-refractivity contribution in [3.05, 3.63) is 100 Å². The normalized spacial score (nSPS) is 11.1. The molecule has 0 bridgehead atoms. The van der Waals surface area contributed by atoms with Gasteiger partial charge in [0.2, 0.25) is 0 Å². The average molecular weight is 464 g/mol. The van der Waals surface area contributed by atoms with Crippen LogP contribution in [0.4, 0.5) is 5.82 Å². The van der Waals surface area contributed by atoms with Crippen molar-refractivity contribution in [3.63, 3.8) is 0 Å². The zero-order valence-corrected chi connectivity index (χ0v) is 19.6. The monoisotopic (exact) mass is 463 g/mol. The van der Waals surface area contributed by atoms with Crippen molar-refractivity contribution in [3.8, 4) is 5.75 Å². The van der Waals surface area contributed by atoms with E-state index in [0.717, 1.165) is 22.4 Å². The van der Waals surface area contributed by atoms with E-state index >= 15 is 0 Å². The number of rotatable bonds is 8. The predicted octanol–water partition coefficient (Wildman–Crippen LogP) is 6.44. The lowest BCUT2D eigenvalue weighted by Gasteiger charge is -2.15. The number of hydrogen-bond donors (Lipinski definition) is 1. The fourth-order valence-electron chi connectivity index (χ4n) is 3.44. The summed E-state index contributed by atoms with van der Waals surface area (Å²) in [7, 11) is 0. The van der Waals surface area contributed by atoms with E-state index in [1.807, 2.05) is 55.6 Å². The molecule has 0 radical (unpaired) electrons.